The largest absolute Gasteiger partial charge is 0.480 e. The van der Waals surface area contributed by atoms with E-state index in [2.05, 4.69) is 5.32 Å². The summed E-state index contributed by atoms with van der Waals surface area (Å²) in [6.07, 6.45) is -0.866. The number of amides is 1. The molecule has 0 radical (unpaired) electrons. The van der Waals surface area contributed by atoms with Gasteiger partial charge in [-0.2, -0.15) is 0 Å². The number of ether oxygens (including phenoxy) is 2. The number of carbonyl (C=O) groups is 2. The molecule has 0 spiro atoms. The van der Waals surface area contributed by atoms with Gasteiger partial charge < -0.3 is 19.9 Å². The molecule has 0 aliphatic carbocycles. The standard InChI is InChI=1S/C11H21NO5/c1-7(2)16-6-8(9(13)14)12-10(15)17-11(3,4)5/h7-8H,6H2,1-5H3,(H,12,15)(H,13,14)/t8-/m0/s1. The topological polar surface area (TPSA) is 84.9 Å². The Morgan fingerprint density at radius 2 is 1.82 bits per heavy atom. The van der Waals surface area contributed by atoms with Gasteiger partial charge in [0, 0.05) is 0 Å². The molecule has 0 aromatic rings. The fourth-order valence-electron chi connectivity index (χ4n) is 0.913. The Kier molecular flexibility index (Phi) is 5.95. The van der Waals surface area contributed by atoms with Crippen molar-refractivity contribution in [3.05, 3.63) is 0 Å². The highest BCUT2D eigenvalue weighted by atomic mass is 16.6. The van der Waals surface area contributed by atoms with Crippen molar-refractivity contribution in [1.29, 1.82) is 0 Å². The first-order valence-corrected chi connectivity index (χ1v) is 5.45. The van der Waals surface area contributed by atoms with Crippen LogP contribution in [-0.2, 0) is 14.3 Å². The minimum atomic E-state index is -1.16. The van der Waals surface area contributed by atoms with Crippen molar-refractivity contribution < 1.29 is 24.2 Å². The van der Waals surface area contributed by atoms with Gasteiger partial charge in [0.2, 0.25) is 0 Å². The number of carboxylic acids is 1. The Hall–Kier alpha value is -1.30. The SMILES string of the molecule is CC(C)OC[C@H](NC(=O)OC(C)(C)C)C(=O)O. The lowest BCUT2D eigenvalue weighted by molar-refractivity contribution is -0.141. The Morgan fingerprint density at radius 3 is 2.18 bits per heavy atom. The molecule has 0 bridgehead atoms. The number of hydrogen-bond acceptors (Lipinski definition) is 4. The second-order valence-electron chi connectivity index (χ2n) is 4.92. The monoisotopic (exact) mass is 247 g/mol. The molecule has 17 heavy (non-hydrogen) atoms. The minimum absolute atomic E-state index is 0.0910. The average Bonchev–Trinajstić information content (AvgIpc) is 2.08. The molecule has 0 aliphatic heterocycles. The molecule has 0 rings (SSSR count). The van der Waals surface area contributed by atoms with E-state index < -0.39 is 23.7 Å². The summed E-state index contributed by atoms with van der Waals surface area (Å²) in [6.45, 7) is 8.58. The van der Waals surface area contributed by atoms with Crippen LogP contribution in [-0.4, -0.2) is 41.5 Å². The van der Waals surface area contributed by atoms with E-state index >= 15 is 0 Å². The molecule has 2 N–H and O–H groups in total. The number of carboxylic acid groups (broad SMARTS) is 1. The highest BCUT2D eigenvalue weighted by molar-refractivity contribution is 5.80. The van der Waals surface area contributed by atoms with Gasteiger partial charge in [-0.3, -0.25) is 0 Å². The third-order valence-electron chi connectivity index (χ3n) is 1.59. The second kappa shape index (κ2) is 6.44. The lowest BCUT2D eigenvalue weighted by Gasteiger charge is -2.22. The third-order valence-corrected chi connectivity index (χ3v) is 1.59. The van der Waals surface area contributed by atoms with Crippen LogP contribution in [0.4, 0.5) is 4.79 Å². The molecular weight excluding hydrogens is 226 g/mol. The summed E-state index contributed by atoms with van der Waals surface area (Å²) in [5.41, 5.74) is -0.661. The average molecular weight is 247 g/mol. The summed E-state index contributed by atoms with van der Waals surface area (Å²) in [4.78, 5) is 22.2. The molecule has 100 valence electrons. The normalized spacial score (nSPS) is 13.3. The number of rotatable bonds is 5. The van der Waals surface area contributed by atoms with Crippen LogP contribution in [0.3, 0.4) is 0 Å². The lowest BCUT2D eigenvalue weighted by atomic mass is 10.2. The van der Waals surface area contributed by atoms with Gasteiger partial charge in [-0.25, -0.2) is 9.59 Å². The van der Waals surface area contributed by atoms with Crippen LogP contribution in [0, 0.1) is 0 Å². The quantitative estimate of drug-likeness (QED) is 0.766. The van der Waals surface area contributed by atoms with Crippen LogP contribution in [0.1, 0.15) is 34.6 Å². The summed E-state index contributed by atoms with van der Waals surface area (Å²) < 4.78 is 10.1. The summed E-state index contributed by atoms with van der Waals surface area (Å²) in [7, 11) is 0. The second-order valence-corrected chi connectivity index (χ2v) is 4.92. The van der Waals surface area contributed by atoms with Crippen LogP contribution in [0.2, 0.25) is 0 Å². The first-order valence-electron chi connectivity index (χ1n) is 5.45. The maximum atomic E-state index is 11.4. The Balaban J connectivity index is 4.26. The predicted octanol–water partition coefficient (Wildman–Crippen LogP) is 1.39. The van der Waals surface area contributed by atoms with Crippen molar-refractivity contribution >= 4 is 12.1 Å². The Morgan fingerprint density at radius 1 is 1.29 bits per heavy atom. The fourth-order valence-corrected chi connectivity index (χ4v) is 0.913. The molecule has 0 saturated carbocycles. The zero-order chi connectivity index (χ0) is 13.6. The van der Waals surface area contributed by atoms with Crippen LogP contribution >= 0.6 is 0 Å². The third kappa shape index (κ3) is 8.50. The molecule has 1 atom stereocenters. The van der Waals surface area contributed by atoms with Crippen LogP contribution in [0.25, 0.3) is 0 Å². The molecule has 0 fully saturated rings. The van der Waals surface area contributed by atoms with E-state index in [1.807, 2.05) is 0 Å². The Labute approximate surface area is 101 Å². The van der Waals surface area contributed by atoms with Gasteiger partial charge in [0.1, 0.15) is 5.60 Å². The van der Waals surface area contributed by atoms with Gasteiger partial charge in [0.25, 0.3) is 0 Å². The van der Waals surface area contributed by atoms with Crippen LogP contribution in [0.15, 0.2) is 0 Å². The summed E-state index contributed by atoms with van der Waals surface area (Å²) in [5.74, 6) is -1.16. The van der Waals surface area contributed by atoms with Crippen molar-refractivity contribution in [2.24, 2.45) is 0 Å². The number of hydrogen-bond donors (Lipinski definition) is 2. The summed E-state index contributed by atoms with van der Waals surface area (Å²) >= 11 is 0. The summed E-state index contributed by atoms with van der Waals surface area (Å²) in [5, 5.41) is 11.1. The first-order chi connectivity index (χ1) is 7.61. The van der Waals surface area contributed by atoms with Crippen molar-refractivity contribution in [2.45, 2.75) is 52.4 Å². The van der Waals surface area contributed by atoms with E-state index in [-0.39, 0.29) is 12.7 Å². The number of nitrogens with one attached hydrogen (secondary N) is 1. The van der Waals surface area contributed by atoms with E-state index in [0.717, 1.165) is 0 Å². The molecule has 0 heterocycles. The first kappa shape index (κ1) is 15.7. The van der Waals surface area contributed by atoms with Gasteiger partial charge in [-0.1, -0.05) is 0 Å². The molecule has 1 amide bonds. The zero-order valence-electron chi connectivity index (χ0n) is 10.9. The molecule has 0 aromatic carbocycles. The maximum Gasteiger partial charge on any atom is 0.408 e. The molecule has 0 aliphatic rings. The van der Waals surface area contributed by atoms with Gasteiger partial charge >= 0.3 is 12.1 Å². The Bertz CT molecular complexity index is 270. The molecular formula is C11H21NO5. The van der Waals surface area contributed by atoms with E-state index in [9.17, 15) is 9.59 Å². The van der Waals surface area contributed by atoms with Crippen molar-refractivity contribution in [3.63, 3.8) is 0 Å². The van der Waals surface area contributed by atoms with Crippen molar-refractivity contribution in [1.82, 2.24) is 5.32 Å². The fraction of sp³-hybridized carbons (Fsp3) is 0.818. The van der Waals surface area contributed by atoms with Gasteiger partial charge in [-0.05, 0) is 34.6 Å². The van der Waals surface area contributed by atoms with Crippen molar-refractivity contribution in [3.8, 4) is 0 Å². The molecule has 0 unspecified atom stereocenters. The number of aliphatic carboxylic acids is 1. The minimum Gasteiger partial charge on any atom is -0.480 e. The zero-order valence-corrected chi connectivity index (χ0v) is 10.9. The van der Waals surface area contributed by atoms with Gasteiger partial charge in [-0.15, -0.1) is 0 Å². The van der Waals surface area contributed by atoms with Gasteiger partial charge in [0.15, 0.2) is 6.04 Å². The maximum absolute atomic E-state index is 11.4. The number of carbonyl (C=O) groups excluding carboxylic acids is 1. The van der Waals surface area contributed by atoms with E-state index in [4.69, 9.17) is 14.6 Å². The highest BCUT2D eigenvalue weighted by Crippen LogP contribution is 2.07. The highest BCUT2D eigenvalue weighted by Gasteiger charge is 2.24. The molecule has 6 nitrogen and oxygen atoms in total. The van der Waals surface area contributed by atoms with E-state index in [1.54, 1.807) is 34.6 Å². The van der Waals surface area contributed by atoms with Crippen LogP contribution < -0.4 is 5.32 Å². The van der Waals surface area contributed by atoms with Gasteiger partial charge in [0.05, 0.1) is 12.7 Å². The van der Waals surface area contributed by atoms with E-state index in [1.165, 1.54) is 0 Å². The molecule has 0 saturated heterocycles. The molecule has 0 aromatic heterocycles. The molecule has 6 heteroatoms. The van der Waals surface area contributed by atoms with Crippen molar-refractivity contribution in [2.75, 3.05) is 6.61 Å². The van der Waals surface area contributed by atoms with Crippen LogP contribution in [0.5, 0.6) is 0 Å². The predicted molar refractivity (Wildman–Crippen MR) is 61.9 cm³/mol. The number of alkyl carbamates (subject to hydrolysis) is 1. The lowest BCUT2D eigenvalue weighted by Crippen LogP contribution is -2.46. The smallest absolute Gasteiger partial charge is 0.408 e. The van der Waals surface area contributed by atoms with E-state index in [0.29, 0.717) is 0 Å². The summed E-state index contributed by atoms with van der Waals surface area (Å²) in [6, 6.07) is -1.10.